The van der Waals surface area contributed by atoms with E-state index in [2.05, 4.69) is 0 Å². The predicted octanol–water partition coefficient (Wildman–Crippen LogP) is 1.55. The van der Waals surface area contributed by atoms with E-state index in [1.807, 2.05) is 20.8 Å². The third kappa shape index (κ3) is 2.51. The maximum Gasteiger partial charge on any atom is 0.312 e. The lowest BCUT2D eigenvalue weighted by atomic mass is 9.61. The fourth-order valence-corrected chi connectivity index (χ4v) is 10.2. The Balaban J connectivity index is 1.33. The summed E-state index contributed by atoms with van der Waals surface area (Å²) in [4.78, 5) is 54.0. The second-order valence-corrected chi connectivity index (χ2v) is 14.0. The molecular formula is C29H34O10. The van der Waals surface area contributed by atoms with Gasteiger partial charge >= 0.3 is 11.9 Å². The first-order valence-electron chi connectivity index (χ1n) is 14.2. The highest BCUT2D eigenvalue weighted by Crippen LogP contribution is 2.70. The first-order chi connectivity index (χ1) is 18.2. The number of aliphatic hydroxyl groups is 1. The van der Waals surface area contributed by atoms with Crippen molar-refractivity contribution in [2.75, 3.05) is 0 Å². The molecule has 6 heterocycles. The largest absolute Gasteiger partial charge is 0.456 e. The Morgan fingerprint density at radius 3 is 2.51 bits per heavy atom. The molecular weight excluding hydrogens is 508 g/mol. The third-order valence-electron chi connectivity index (χ3n) is 11.8. The summed E-state index contributed by atoms with van der Waals surface area (Å²) < 4.78 is 31.8. The van der Waals surface area contributed by atoms with E-state index >= 15 is 0 Å². The van der Waals surface area contributed by atoms with Gasteiger partial charge in [0.15, 0.2) is 11.9 Å². The highest BCUT2D eigenvalue weighted by Gasteiger charge is 2.82. The van der Waals surface area contributed by atoms with Crippen LogP contribution >= 0.6 is 0 Å². The average Bonchev–Trinajstić information content (AvgIpc) is 3.45. The first-order valence-corrected chi connectivity index (χ1v) is 14.2. The molecule has 6 aliphatic heterocycles. The van der Waals surface area contributed by atoms with Gasteiger partial charge < -0.3 is 28.8 Å². The Morgan fingerprint density at radius 1 is 1.03 bits per heavy atom. The van der Waals surface area contributed by atoms with Gasteiger partial charge in [-0.1, -0.05) is 6.92 Å². The molecule has 8 rings (SSSR count). The highest BCUT2D eigenvalue weighted by atomic mass is 16.7. The van der Waals surface area contributed by atoms with Gasteiger partial charge in [-0.2, -0.15) is 0 Å². The second kappa shape index (κ2) is 6.83. The van der Waals surface area contributed by atoms with E-state index in [1.54, 1.807) is 13.8 Å². The first kappa shape index (κ1) is 24.6. The summed E-state index contributed by atoms with van der Waals surface area (Å²) in [5.74, 6) is -5.91. The van der Waals surface area contributed by atoms with Gasteiger partial charge in [-0.3, -0.25) is 19.2 Å². The zero-order valence-corrected chi connectivity index (χ0v) is 22.8. The van der Waals surface area contributed by atoms with Crippen molar-refractivity contribution < 1.29 is 48.0 Å². The van der Waals surface area contributed by atoms with Gasteiger partial charge in [0.05, 0.1) is 41.5 Å². The Bertz CT molecular complexity index is 1320. The van der Waals surface area contributed by atoms with Crippen LogP contribution in [0.25, 0.3) is 0 Å². The zero-order valence-electron chi connectivity index (χ0n) is 22.8. The summed E-state index contributed by atoms with van der Waals surface area (Å²) in [6.45, 7) is 9.14. The minimum atomic E-state index is -1.86. The summed E-state index contributed by atoms with van der Waals surface area (Å²) in [5.41, 5.74) is -2.92. The van der Waals surface area contributed by atoms with Crippen LogP contribution in [0.3, 0.4) is 0 Å². The highest BCUT2D eigenvalue weighted by molar-refractivity contribution is 6.06. The van der Waals surface area contributed by atoms with Crippen LogP contribution in [0.2, 0.25) is 0 Å². The summed E-state index contributed by atoms with van der Waals surface area (Å²) in [5, 5.41) is 11.8. The second-order valence-electron chi connectivity index (χ2n) is 14.0. The molecule has 39 heavy (non-hydrogen) atoms. The number of allylic oxidation sites excluding steroid dienone is 1. The van der Waals surface area contributed by atoms with Gasteiger partial charge in [-0.25, -0.2) is 0 Å². The lowest BCUT2D eigenvalue weighted by Crippen LogP contribution is -2.62. The molecule has 0 aromatic carbocycles. The molecule has 0 aromatic heterocycles. The molecule has 3 spiro atoms. The number of carbonyl (C=O) groups is 4. The molecule has 0 amide bonds. The number of aliphatic hydroxyl groups excluding tert-OH is 1. The molecule has 2 bridgehead atoms. The van der Waals surface area contributed by atoms with Gasteiger partial charge in [0.2, 0.25) is 11.6 Å². The average molecular weight is 543 g/mol. The van der Waals surface area contributed by atoms with Crippen molar-refractivity contribution in [3.8, 4) is 0 Å². The van der Waals surface area contributed by atoms with E-state index in [9.17, 15) is 24.3 Å². The quantitative estimate of drug-likeness (QED) is 0.449. The number of rotatable bonds is 0. The summed E-state index contributed by atoms with van der Waals surface area (Å²) in [6.07, 6.45) is -2.06. The van der Waals surface area contributed by atoms with Gasteiger partial charge in [0.1, 0.15) is 17.8 Å². The number of carbonyl (C=O) groups excluding carboxylic acids is 4. The predicted molar refractivity (Wildman–Crippen MR) is 129 cm³/mol. The van der Waals surface area contributed by atoms with Crippen molar-refractivity contribution in [1.29, 1.82) is 0 Å². The summed E-state index contributed by atoms with van der Waals surface area (Å²) >= 11 is 0. The minimum Gasteiger partial charge on any atom is -0.456 e. The number of hydrogen-bond donors (Lipinski definition) is 1. The number of fused-ring (bicyclic) bond motifs is 2. The lowest BCUT2D eigenvalue weighted by molar-refractivity contribution is -0.306. The zero-order chi connectivity index (χ0) is 27.7. The number of ether oxygens (including phenoxy) is 5. The van der Waals surface area contributed by atoms with Gasteiger partial charge in [0, 0.05) is 17.8 Å². The van der Waals surface area contributed by atoms with Gasteiger partial charge in [-0.15, -0.1) is 0 Å². The fraction of sp³-hybridized carbons (Fsp3) is 0.793. The third-order valence-corrected chi connectivity index (χ3v) is 11.8. The van der Waals surface area contributed by atoms with E-state index in [1.165, 1.54) is 0 Å². The number of hydrogen-bond acceptors (Lipinski definition) is 10. The molecule has 0 radical (unpaired) electrons. The summed E-state index contributed by atoms with van der Waals surface area (Å²) in [6, 6.07) is 0. The molecule has 10 nitrogen and oxygen atoms in total. The maximum absolute atomic E-state index is 14.8. The Kier molecular flexibility index (Phi) is 4.32. The van der Waals surface area contributed by atoms with Crippen LogP contribution in [-0.2, 0) is 42.9 Å². The molecule has 1 N–H and O–H groups in total. The van der Waals surface area contributed by atoms with Crippen molar-refractivity contribution in [2.24, 2.45) is 29.1 Å². The Hall–Kier alpha value is -2.14. The number of esters is 2. The van der Waals surface area contributed by atoms with Crippen LogP contribution < -0.4 is 0 Å². The van der Waals surface area contributed by atoms with Crippen LogP contribution in [0.4, 0.5) is 0 Å². The lowest BCUT2D eigenvalue weighted by Gasteiger charge is -2.48. The molecule has 0 aromatic rings. The van der Waals surface area contributed by atoms with Crippen LogP contribution in [-0.4, -0.2) is 75.6 Å². The fourth-order valence-electron chi connectivity index (χ4n) is 10.2. The number of ketones is 2. The van der Waals surface area contributed by atoms with Crippen LogP contribution in [0.1, 0.15) is 66.7 Å². The Morgan fingerprint density at radius 2 is 1.77 bits per heavy atom. The molecule has 0 unspecified atom stereocenters. The monoisotopic (exact) mass is 542 g/mol. The maximum atomic E-state index is 14.8. The topological polar surface area (TPSA) is 135 Å². The molecule has 12 atom stereocenters. The van der Waals surface area contributed by atoms with Gasteiger partial charge in [-0.05, 0) is 58.1 Å². The molecule has 7 fully saturated rings. The van der Waals surface area contributed by atoms with Crippen molar-refractivity contribution in [3.63, 3.8) is 0 Å². The number of Topliss-reactive ketones (excluding diaryl/α,β-unsaturated/α-hetero) is 2. The molecule has 8 aliphatic rings. The van der Waals surface area contributed by atoms with Crippen molar-refractivity contribution in [3.05, 3.63) is 11.1 Å². The van der Waals surface area contributed by atoms with Crippen LogP contribution in [0.15, 0.2) is 11.1 Å². The van der Waals surface area contributed by atoms with E-state index in [-0.39, 0.29) is 36.9 Å². The van der Waals surface area contributed by atoms with E-state index in [0.717, 1.165) is 0 Å². The van der Waals surface area contributed by atoms with E-state index < -0.39 is 81.9 Å². The Labute approximate surface area is 225 Å². The molecule has 2 aliphatic carbocycles. The molecule has 210 valence electrons. The van der Waals surface area contributed by atoms with Crippen LogP contribution in [0, 0.1) is 29.1 Å². The van der Waals surface area contributed by atoms with Crippen molar-refractivity contribution in [1.82, 2.24) is 0 Å². The van der Waals surface area contributed by atoms with Gasteiger partial charge in [0.25, 0.3) is 0 Å². The molecule has 6 saturated heterocycles. The van der Waals surface area contributed by atoms with Crippen molar-refractivity contribution in [2.45, 2.75) is 114 Å². The van der Waals surface area contributed by atoms with Crippen LogP contribution in [0.5, 0.6) is 0 Å². The van der Waals surface area contributed by atoms with Crippen molar-refractivity contribution >= 4 is 23.5 Å². The van der Waals surface area contributed by atoms with E-state index in [4.69, 9.17) is 23.7 Å². The molecule has 10 heteroatoms. The van der Waals surface area contributed by atoms with E-state index in [0.29, 0.717) is 24.0 Å². The summed E-state index contributed by atoms with van der Waals surface area (Å²) in [7, 11) is 0. The smallest absolute Gasteiger partial charge is 0.312 e. The minimum absolute atomic E-state index is 0.0952. The standard InChI is InChI=1S/C29H34O10/c1-11-17-20-19(12(2)24(34)35-20)38-29-21(17)26(5,22(11)32)6-7-27(39-29)10-28-14(8-13(30)18(27)23(29)33)25(3,4)36-15(28)9-16(31)37-28/h12-15,18-21,30H,6-10H2,1-5H3/t12-,13-,14-,15+,18-,19+,20+,21-,26-,27-,28+,29+/m0/s1. The molecule has 1 saturated carbocycles. The SMILES string of the molecule is CC1=C2[C@H]3OC(=O)[C@@H](C)[C@H]3O[C@@]34O[C@@]5(CC[C@](C)(C1=O)[C@H]23)C[C@]12OC(=O)C[C@H]1OC(C)(C)[C@@H]2C[C@H](O)[C@H]5C4=O. The normalized spacial score (nSPS) is 56.3.